The summed E-state index contributed by atoms with van der Waals surface area (Å²) >= 11 is 0. The SMILES string of the molecule is CC.CC1CC(C)NC(C)C1. The summed E-state index contributed by atoms with van der Waals surface area (Å²) in [5.41, 5.74) is 0. The first-order valence-electron chi connectivity index (χ1n) is 4.94. The van der Waals surface area contributed by atoms with E-state index in [1.807, 2.05) is 13.8 Å². The standard InChI is InChI=1S/C8H17N.C2H6/c1-6-4-7(2)9-8(3)5-6;1-2/h6-9H,4-5H2,1-3H3;1-2H3. The highest BCUT2D eigenvalue weighted by Crippen LogP contribution is 2.18. The predicted molar refractivity (Wildman–Crippen MR) is 51.8 cm³/mol. The van der Waals surface area contributed by atoms with Gasteiger partial charge in [-0.05, 0) is 32.6 Å². The van der Waals surface area contributed by atoms with E-state index in [-0.39, 0.29) is 0 Å². The summed E-state index contributed by atoms with van der Waals surface area (Å²) in [6.45, 7) is 10.9. The fraction of sp³-hybridized carbons (Fsp3) is 1.00. The van der Waals surface area contributed by atoms with Crippen molar-refractivity contribution in [2.45, 2.75) is 59.5 Å². The van der Waals surface area contributed by atoms with Crippen LogP contribution in [0.15, 0.2) is 0 Å². The Balaban J connectivity index is 0.000000461. The molecule has 2 unspecified atom stereocenters. The lowest BCUT2D eigenvalue weighted by Crippen LogP contribution is -2.41. The van der Waals surface area contributed by atoms with Gasteiger partial charge in [0, 0.05) is 12.1 Å². The molecule has 0 amide bonds. The largest absolute Gasteiger partial charge is 0.312 e. The number of hydrogen-bond donors (Lipinski definition) is 1. The molecule has 0 spiro atoms. The molecule has 1 aliphatic heterocycles. The molecule has 1 heterocycles. The second-order valence-corrected chi connectivity index (χ2v) is 3.55. The third kappa shape index (κ3) is 4.41. The summed E-state index contributed by atoms with van der Waals surface area (Å²) in [5.74, 6) is 0.927. The van der Waals surface area contributed by atoms with Gasteiger partial charge in [-0.25, -0.2) is 0 Å². The van der Waals surface area contributed by atoms with E-state index in [9.17, 15) is 0 Å². The summed E-state index contributed by atoms with van der Waals surface area (Å²) in [5, 5.41) is 3.51. The Morgan fingerprint density at radius 2 is 1.27 bits per heavy atom. The maximum Gasteiger partial charge on any atom is 0.00437 e. The Morgan fingerprint density at radius 1 is 0.909 bits per heavy atom. The van der Waals surface area contributed by atoms with Gasteiger partial charge in [0.15, 0.2) is 0 Å². The first kappa shape index (κ1) is 11.0. The first-order valence-corrected chi connectivity index (χ1v) is 4.94. The molecule has 1 heteroatoms. The third-order valence-corrected chi connectivity index (χ3v) is 2.08. The Labute approximate surface area is 71.6 Å². The Bertz CT molecular complexity index is 65.9. The highest BCUT2D eigenvalue weighted by Gasteiger charge is 2.18. The van der Waals surface area contributed by atoms with Crippen molar-refractivity contribution in [3.8, 4) is 0 Å². The van der Waals surface area contributed by atoms with Gasteiger partial charge in [0.2, 0.25) is 0 Å². The van der Waals surface area contributed by atoms with Crippen LogP contribution in [0.1, 0.15) is 47.5 Å². The molecule has 0 aromatic heterocycles. The van der Waals surface area contributed by atoms with E-state index in [4.69, 9.17) is 0 Å². The van der Waals surface area contributed by atoms with Gasteiger partial charge in [-0.2, -0.15) is 0 Å². The molecule has 0 aliphatic carbocycles. The lowest BCUT2D eigenvalue weighted by molar-refractivity contribution is 0.279. The molecule has 0 saturated carbocycles. The van der Waals surface area contributed by atoms with Gasteiger partial charge in [0.25, 0.3) is 0 Å². The van der Waals surface area contributed by atoms with Crippen LogP contribution in [-0.2, 0) is 0 Å². The zero-order chi connectivity index (χ0) is 8.85. The first-order chi connectivity index (χ1) is 5.18. The van der Waals surface area contributed by atoms with Gasteiger partial charge >= 0.3 is 0 Å². The average molecular weight is 157 g/mol. The van der Waals surface area contributed by atoms with E-state index in [2.05, 4.69) is 26.1 Å². The molecule has 1 rings (SSSR count). The fourth-order valence-corrected chi connectivity index (χ4v) is 1.93. The predicted octanol–water partition coefficient (Wildman–Crippen LogP) is 2.81. The second kappa shape index (κ2) is 5.59. The molecule has 1 fully saturated rings. The van der Waals surface area contributed by atoms with Gasteiger partial charge in [-0.15, -0.1) is 0 Å². The summed E-state index contributed by atoms with van der Waals surface area (Å²) in [6.07, 6.45) is 2.70. The van der Waals surface area contributed by atoms with Crippen LogP contribution >= 0.6 is 0 Å². The van der Waals surface area contributed by atoms with E-state index in [1.165, 1.54) is 12.8 Å². The van der Waals surface area contributed by atoms with Crippen LogP contribution in [0.5, 0.6) is 0 Å². The van der Waals surface area contributed by atoms with E-state index < -0.39 is 0 Å². The molecule has 11 heavy (non-hydrogen) atoms. The Kier molecular flexibility index (Phi) is 5.57. The molecule has 1 aliphatic rings. The number of hydrogen-bond acceptors (Lipinski definition) is 1. The molecular weight excluding hydrogens is 134 g/mol. The minimum Gasteiger partial charge on any atom is -0.312 e. The van der Waals surface area contributed by atoms with Gasteiger partial charge < -0.3 is 5.32 Å². The molecule has 1 saturated heterocycles. The zero-order valence-electron chi connectivity index (χ0n) is 8.65. The van der Waals surface area contributed by atoms with Crippen LogP contribution in [0, 0.1) is 5.92 Å². The molecule has 0 aromatic carbocycles. The number of rotatable bonds is 0. The minimum atomic E-state index is 0.740. The topological polar surface area (TPSA) is 12.0 Å². The van der Waals surface area contributed by atoms with Crippen molar-refractivity contribution in [1.29, 1.82) is 0 Å². The molecule has 0 radical (unpaired) electrons. The smallest absolute Gasteiger partial charge is 0.00437 e. The van der Waals surface area contributed by atoms with Gasteiger partial charge in [-0.3, -0.25) is 0 Å². The van der Waals surface area contributed by atoms with Crippen LogP contribution in [0.2, 0.25) is 0 Å². The van der Waals surface area contributed by atoms with Crippen LogP contribution in [-0.4, -0.2) is 12.1 Å². The van der Waals surface area contributed by atoms with Crippen molar-refractivity contribution in [3.05, 3.63) is 0 Å². The lowest BCUT2D eigenvalue weighted by atomic mass is 9.91. The fourth-order valence-electron chi connectivity index (χ4n) is 1.93. The van der Waals surface area contributed by atoms with Crippen molar-refractivity contribution in [2.75, 3.05) is 0 Å². The van der Waals surface area contributed by atoms with E-state index in [1.54, 1.807) is 0 Å². The molecular formula is C10H23N. The maximum absolute atomic E-state index is 3.51. The van der Waals surface area contributed by atoms with Crippen molar-refractivity contribution in [1.82, 2.24) is 5.32 Å². The van der Waals surface area contributed by atoms with Gasteiger partial charge in [-0.1, -0.05) is 20.8 Å². The summed E-state index contributed by atoms with van der Waals surface area (Å²) in [6, 6.07) is 1.48. The summed E-state index contributed by atoms with van der Waals surface area (Å²) in [7, 11) is 0. The highest BCUT2D eigenvalue weighted by molar-refractivity contribution is 4.77. The second-order valence-electron chi connectivity index (χ2n) is 3.55. The number of piperidine rings is 1. The Morgan fingerprint density at radius 3 is 1.55 bits per heavy atom. The third-order valence-electron chi connectivity index (χ3n) is 2.08. The average Bonchev–Trinajstić information content (AvgIpc) is 1.88. The van der Waals surface area contributed by atoms with E-state index in [0.717, 1.165) is 18.0 Å². The van der Waals surface area contributed by atoms with Gasteiger partial charge in [0.1, 0.15) is 0 Å². The number of nitrogens with one attached hydrogen (secondary N) is 1. The monoisotopic (exact) mass is 157 g/mol. The maximum atomic E-state index is 3.51. The van der Waals surface area contributed by atoms with E-state index in [0.29, 0.717) is 0 Å². The summed E-state index contributed by atoms with van der Waals surface area (Å²) < 4.78 is 0. The van der Waals surface area contributed by atoms with Crippen molar-refractivity contribution >= 4 is 0 Å². The van der Waals surface area contributed by atoms with Crippen LogP contribution in [0.4, 0.5) is 0 Å². The van der Waals surface area contributed by atoms with Gasteiger partial charge in [0.05, 0.1) is 0 Å². The zero-order valence-corrected chi connectivity index (χ0v) is 8.65. The Hall–Kier alpha value is -0.0400. The quantitative estimate of drug-likeness (QED) is 0.570. The molecule has 2 atom stereocenters. The van der Waals surface area contributed by atoms with Crippen LogP contribution < -0.4 is 5.32 Å². The van der Waals surface area contributed by atoms with E-state index >= 15 is 0 Å². The van der Waals surface area contributed by atoms with Crippen LogP contribution in [0.3, 0.4) is 0 Å². The lowest BCUT2D eigenvalue weighted by Gasteiger charge is -2.30. The van der Waals surface area contributed by atoms with Crippen LogP contribution in [0.25, 0.3) is 0 Å². The molecule has 68 valence electrons. The molecule has 0 aromatic rings. The normalized spacial score (nSPS) is 37.4. The molecule has 0 bridgehead atoms. The van der Waals surface area contributed by atoms with Crippen molar-refractivity contribution < 1.29 is 0 Å². The molecule has 1 nitrogen and oxygen atoms in total. The summed E-state index contributed by atoms with van der Waals surface area (Å²) in [4.78, 5) is 0. The van der Waals surface area contributed by atoms with Crippen molar-refractivity contribution in [3.63, 3.8) is 0 Å². The van der Waals surface area contributed by atoms with Crippen molar-refractivity contribution in [2.24, 2.45) is 5.92 Å². The highest BCUT2D eigenvalue weighted by atomic mass is 14.9. The molecule has 1 N–H and O–H groups in total. The minimum absolute atomic E-state index is 0.740.